The number of anilines is 1. The van der Waals surface area contributed by atoms with Crippen molar-refractivity contribution in [1.82, 2.24) is 0 Å². The second-order valence-corrected chi connectivity index (χ2v) is 6.14. The van der Waals surface area contributed by atoms with E-state index in [0.29, 0.717) is 33.5 Å². The lowest BCUT2D eigenvalue weighted by Gasteiger charge is -2.09. The normalized spacial score (nSPS) is 14.3. The Balaban J connectivity index is 2.10. The summed E-state index contributed by atoms with van der Waals surface area (Å²) < 4.78 is 5.79. The van der Waals surface area contributed by atoms with Crippen LogP contribution < -0.4 is 10.1 Å². The number of nitrogens with zero attached hydrogens (tertiary/aromatic N) is 1. The number of nitro groups is 1. The molecule has 0 saturated heterocycles. The number of phenols is 1. The Hall–Kier alpha value is -2.87. The van der Waals surface area contributed by atoms with Crippen molar-refractivity contribution in [3.63, 3.8) is 0 Å². The van der Waals surface area contributed by atoms with Crippen LogP contribution in [0.3, 0.4) is 0 Å². The maximum absolute atomic E-state index is 12.2. The average molecular weight is 405 g/mol. The third-order valence-electron chi connectivity index (χ3n) is 3.66. The number of halogens is 1. The van der Waals surface area contributed by atoms with Crippen LogP contribution in [0.4, 0.5) is 11.4 Å². The maximum atomic E-state index is 12.2. The summed E-state index contributed by atoms with van der Waals surface area (Å²) in [5, 5.41) is 23.6. The van der Waals surface area contributed by atoms with Crippen molar-refractivity contribution in [2.45, 2.75) is 6.92 Å². The first kappa shape index (κ1) is 17.0. The number of nitro benzene ring substituents is 1. The molecule has 7 nitrogen and oxygen atoms in total. The van der Waals surface area contributed by atoms with Gasteiger partial charge in [0.15, 0.2) is 11.5 Å². The standard InChI is InChI=1S/C17H13BrN2O5/c1-2-25-15-7-9(6-13(18)16(15)21)5-12-11-8-10(20(23)24)3-4-14(11)19-17(12)22/h3-8,21H,2H2,1H3,(H,19,22). The number of carbonyl (C=O) groups excluding carboxylic acids is 1. The topological polar surface area (TPSA) is 102 Å². The van der Waals surface area contributed by atoms with E-state index < -0.39 is 4.92 Å². The second kappa shape index (κ2) is 6.56. The van der Waals surface area contributed by atoms with E-state index in [-0.39, 0.29) is 23.1 Å². The summed E-state index contributed by atoms with van der Waals surface area (Å²) in [5.74, 6) is -0.102. The lowest BCUT2D eigenvalue weighted by molar-refractivity contribution is -0.384. The highest BCUT2D eigenvalue weighted by molar-refractivity contribution is 9.10. The first-order valence-electron chi connectivity index (χ1n) is 7.38. The minimum Gasteiger partial charge on any atom is -0.503 e. The Morgan fingerprint density at radius 2 is 2.12 bits per heavy atom. The van der Waals surface area contributed by atoms with E-state index in [0.717, 1.165) is 0 Å². The number of hydrogen-bond acceptors (Lipinski definition) is 5. The van der Waals surface area contributed by atoms with E-state index in [1.54, 1.807) is 25.1 Å². The van der Waals surface area contributed by atoms with Gasteiger partial charge in [0.1, 0.15) is 0 Å². The van der Waals surface area contributed by atoms with Crippen molar-refractivity contribution in [3.05, 3.63) is 56.0 Å². The van der Waals surface area contributed by atoms with Gasteiger partial charge in [-0.25, -0.2) is 0 Å². The molecule has 0 radical (unpaired) electrons. The summed E-state index contributed by atoms with van der Waals surface area (Å²) in [6.45, 7) is 2.16. The molecule has 0 fully saturated rings. The van der Waals surface area contributed by atoms with Crippen LogP contribution in [0.2, 0.25) is 0 Å². The van der Waals surface area contributed by atoms with Gasteiger partial charge in [-0.1, -0.05) is 0 Å². The Morgan fingerprint density at radius 3 is 2.80 bits per heavy atom. The van der Waals surface area contributed by atoms with E-state index in [1.807, 2.05) is 0 Å². The van der Waals surface area contributed by atoms with Crippen LogP contribution >= 0.6 is 15.9 Å². The first-order chi connectivity index (χ1) is 11.9. The SMILES string of the molecule is CCOc1cc(C=C2C(=O)Nc3ccc([N+](=O)[O-])cc32)cc(Br)c1O. The highest BCUT2D eigenvalue weighted by Crippen LogP contribution is 2.39. The van der Waals surface area contributed by atoms with Gasteiger partial charge in [-0.2, -0.15) is 0 Å². The monoisotopic (exact) mass is 404 g/mol. The molecule has 2 aromatic rings. The van der Waals surface area contributed by atoms with Gasteiger partial charge in [0, 0.05) is 29.0 Å². The molecule has 1 heterocycles. The number of benzene rings is 2. The molecule has 3 rings (SSSR count). The van der Waals surface area contributed by atoms with E-state index >= 15 is 0 Å². The fourth-order valence-electron chi connectivity index (χ4n) is 2.54. The van der Waals surface area contributed by atoms with Crippen LogP contribution in [0, 0.1) is 10.1 Å². The highest BCUT2D eigenvalue weighted by Gasteiger charge is 2.26. The van der Waals surface area contributed by atoms with E-state index in [1.165, 1.54) is 18.2 Å². The smallest absolute Gasteiger partial charge is 0.270 e. The predicted octanol–water partition coefficient (Wildman–Crippen LogP) is 3.95. The Kier molecular flexibility index (Phi) is 4.45. The Labute approximate surface area is 151 Å². The molecular formula is C17H13BrN2O5. The zero-order valence-corrected chi connectivity index (χ0v) is 14.7. The number of rotatable bonds is 4. The predicted molar refractivity (Wildman–Crippen MR) is 96.6 cm³/mol. The molecule has 0 saturated carbocycles. The Morgan fingerprint density at radius 1 is 1.36 bits per heavy atom. The minimum atomic E-state index is -0.509. The van der Waals surface area contributed by atoms with Crippen molar-refractivity contribution in [2.24, 2.45) is 0 Å². The number of amides is 1. The molecule has 1 amide bonds. The summed E-state index contributed by atoms with van der Waals surface area (Å²) >= 11 is 3.24. The van der Waals surface area contributed by atoms with Gasteiger partial charge in [-0.3, -0.25) is 14.9 Å². The van der Waals surface area contributed by atoms with Crippen LogP contribution in [0.25, 0.3) is 11.6 Å². The fraction of sp³-hybridized carbons (Fsp3) is 0.118. The van der Waals surface area contributed by atoms with Crippen molar-refractivity contribution in [2.75, 3.05) is 11.9 Å². The van der Waals surface area contributed by atoms with Crippen LogP contribution in [-0.2, 0) is 4.79 Å². The number of carbonyl (C=O) groups is 1. The molecule has 2 aromatic carbocycles. The molecular weight excluding hydrogens is 392 g/mol. The number of hydrogen-bond donors (Lipinski definition) is 2. The Bertz CT molecular complexity index is 923. The lowest BCUT2D eigenvalue weighted by atomic mass is 10.0. The first-order valence-corrected chi connectivity index (χ1v) is 8.17. The van der Waals surface area contributed by atoms with Gasteiger partial charge in [-0.05, 0) is 52.7 Å². The van der Waals surface area contributed by atoms with E-state index in [4.69, 9.17) is 4.74 Å². The number of aromatic hydroxyl groups is 1. The lowest BCUT2D eigenvalue weighted by Crippen LogP contribution is -2.03. The molecule has 0 aromatic heterocycles. The number of phenolic OH excluding ortho intramolecular Hbond substituents is 1. The molecule has 1 aliphatic rings. The van der Waals surface area contributed by atoms with Crippen LogP contribution in [-0.4, -0.2) is 22.5 Å². The van der Waals surface area contributed by atoms with Gasteiger partial charge in [0.05, 0.1) is 16.0 Å². The maximum Gasteiger partial charge on any atom is 0.270 e. The van der Waals surface area contributed by atoms with Gasteiger partial charge < -0.3 is 15.2 Å². The van der Waals surface area contributed by atoms with Crippen molar-refractivity contribution >= 4 is 44.9 Å². The van der Waals surface area contributed by atoms with Gasteiger partial charge in [0.25, 0.3) is 11.6 Å². The molecule has 25 heavy (non-hydrogen) atoms. The molecule has 0 spiro atoms. The van der Waals surface area contributed by atoms with Gasteiger partial charge >= 0.3 is 0 Å². The molecule has 128 valence electrons. The summed E-state index contributed by atoms with van der Waals surface area (Å²) in [6.07, 6.45) is 1.59. The second-order valence-electron chi connectivity index (χ2n) is 5.28. The number of nitrogens with one attached hydrogen (secondary N) is 1. The average Bonchev–Trinajstić information content (AvgIpc) is 2.87. The third-order valence-corrected chi connectivity index (χ3v) is 4.26. The van der Waals surface area contributed by atoms with Crippen LogP contribution in [0.5, 0.6) is 11.5 Å². The minimum absolute atomic E-state index is 0.0316. The highest BCUT2D eigenvalue weighted by atomic mass is 79.9. The van der Waals surface area contributed by atoms with Crippen molar-refractivity contribution in [1.29, 1.82) is 0 Å². The fourth-order valence-corrected chi connectivity index (χ4v) is 3.00. The summed E-state index contributed by atoms with van der Waals surface area (Å²) in [5.41, 5.74) is 1.80. The van der Waals surface area contributed by atoms with Crippen LogP contribution in [0.15, 0.2) is 34.8 Å². The van der Waals surface area contributed by atoms with E-state index in [2.05, 4.69) is 21.2 Å². The number of fused-ring (bicyclic) bond motifs is 1. The quantitative estimate of drug-likeness (QED) is 0.456. The molecule has 0 unspecified atom stereocenters. The van der Waals surface area contributed by atoms with Gasteiger partial charge in [0.2, 0.25) is 0 Å². The zero-order chi connectivity index (χ0) is 18.1. The molecule has 0 bridgehead atoms. The molecule has 0 aliphatic carbocycles. The summed E-state index contributed by atoms with van der Waals surface area (Å²) in [6, 6.07) is 7.43. The van der Waals surface area contributed by atoms with Crippen molar-refractivity contribution in [3.8, 4) is 11.5 Å². The molecule has 0 atom stereocenters. The van der Waals surface area contributed by atoms with E-state index in [9.17, 15) is 20.0 Å². The largest absolute Gasteiger partial charge is 0.503 e. The summed E-state index contributed by atoms with van der Waals surface area (Å²) in [4.78, 5) is 22.7. The molecule has 2 N–H and O–H groups in total. The third kappa shape index (κ3) is 3.20. The van der Waals surface area contributed by atoms with Gasteiger partial charge in [-0.15, -0.1) is 0 Å². The van der Waals surface area contributed by atoms with Crippen molar-refractivity contribution < 1.29 is 19.6 Å². The number of ether oxygens (including phenoxy) is 1. The summed E-state index contributed by atoms with van der Waals surface area (Å²) in [7, 11) is 0. The van der Waals surface area contributed by atoms with Crippen LogP contribution in [0.1, 0.15) is 18.1 Å². The number of non-ortho nitro benzene ring substituents is 1. The molecule has 8 heteroatoms. The molecule has 1 aliphatic heterocycles. The zero-order valence-electron chi connectivity index (χ0n) is 13.1.